The Hall–Kier alpha value is -1.84. The summed E-state index contributed by atoms with van der Waals surface area (Å²) in [6.45, 7) is 0.478. The van der Waals surface area contributed by atoms with Crippen LogP contribution in [0.3, 0.4) is 0 Å². The normalized spacial score (nSPS) is 23.5. The summed E-state index contributed by atoms with van der Waals surface area (Å²) in [5, 5.41) is 0. The van der Waals surface area contributed by atoms with Gasteiger partial charge in [0.1, 0.15) is 6.04 Å². The van der Waals surface area contributed by atoms with Gasteiger partial charge in [0, 0.05) is 6.42 Å². The average molecular weight is 203 g/mol. The average Bonchev–Trinajstić information content (AvgIpc) is 2.52. The first-order valence-electron chi connectivity index (χ1n) is 4.85. The second kappa shape index (κ2) is 2.82. The molecule has 3 rings (SSSR count). The third-order valence-corrected chi connectivity index (χ3v) is 2.94. The van der Waals surface area contributed by atoms with Crippen molar-refractivity contribution in [2.45, 2.75) is 19.0 Å². The Morgan fingerprint density at radius 1 is 1.20 bits per heavy atom. The molecule has 0 saturated carbocycles. The van der Waals surface area contributed by atoms with Crippen LogP contribution in [-0.2, 0) is 22.5 Å². The number of carbonyl (C=O) groups is 2. The maximum Gasteiger partial charge on any atom is 0.418 e. The highest BCUT2D eigenvalue weighted by Gasteiger charge is 2.43. The minimum Gasteiger partial charge on any atom is -0.375 e. The Bertz CT molecular complexity index is 414. The number of nitrogens with zero attached hydrogens (tertiary/aromatic N) is 1. The van der Waals surface area contributed by atoms with Crippen molar-refractivity contribution >= 4 is 12.1 Å². The van der Waals surface area contributed by atoms with Crippen LogP contribution in [0.4, 0.5) is 4.79 Å². The van der Waals surface area contributed by atoms with Crippen LogP contribution in [0.25, 0.3) is 0 Å². The van der Waals surface area contributed by atoms with Crippen LogP contribution in [0.2, 0.25) is 0 Å². The molecule has 1 fully saturated rings. The lowest BCUT2D eigenvalue weighted by atomic mass is 9.95. The van der Waals surface area contributed by atoms with E-state index in [1.165, 1.54) is 4.90 Å². The van der Waals surface area contributed by atoms with Crippen LogP contribution in [0.15, 0.2) is 24.3 Å². The maximum absolute atomic E-state index is 11.3. The molecule has 4 nitrogen and oxygen atoms in total. The van der Waals surface area contributed by atoms with E-state index < -0.39 is 18.1 Å². The summed E-state index contributed by atoms with van der Waals surface area (Å²) in [6, 6.07) is 7.43. The fourth-order valence-corrected chi connectivity index (χ4v) is 2.14. The van der Waals surface area contributed by atoms with Crippen molar-refractivity contribution in [2.24, 2.45) is 0 Å². The Kier molecular flexibility index (Phi) is 1.59. The van der Waals surface area contributed by atoms with E-state index in [2.05, 4.69) is 4.74 Å². The van der Waals surface area contributed by atoms with Gasteiger partial charge in [0.25, 0.3) is 0 Å². The Morgan fingerprint density at radius 2 is 1.93 bits per heavy atom. The number of rotatable bonds is 0. The molecule has 2 heterocycles. The van der Waals surface area contributed by atoms with Crippen LogP contribution in [0.1, 0.15) is 11.1 Å². The highest BCUT2D eigenvalue weighted by atomic mass is 16.6. The number of esters is 1. The van der Waals surface area contributed by atoms with Gasteiger partial charge in [-0.25, -0.2) is 9.59 Å². The Morgan fingerprint density at radius 3 is 2.73 bits per heavy atom. The Balaban J connectivity index is 2.03. The zero-order valence-electron chi connectivity index (χ0n) is 7.97. The fourth-order valence-electron chi connectivity index (χ4n) is 2.14. The first-order chi connectivity index (χ1) is 7.25. The number of fused-ring (bicyclic) bond motifs is 2. The summed E-state index contributed by atoms with van der Waals surface area (Å²) in [5.74, 6) is -0.422. The van der Waals surface area contributed by atoms with E-state index in [0.29, 0.717) is 13.0 Å². The Labute approximate surface area is 86.4 Å². The zero-order valence-corrected chi connectivity index (χ0v) is 7.97. The van der Waals surface area contributed by atoms with E-state index in [1.54, 1.807) is 0 Å². The minimum atomic E-state index is -0.514. The molecule has 1 aromatic rings. The van der Waals surface area contributed by atoms with E-state index >= 15 is 0 Å². The van der Waals surface area contributed by atoms with Crippen molar-refractivity contribution in [3.8, 4) is 0 Å². The topological polar surface area (TPSA) is 46.6 Å². The molecule has 0 N–H and O–H groups in total. The molecule has 0 spiro atoms. The van der Waals surface area contributed by atoms with E-state index in [4.69, 9.17) is 0 Å². The van der Waals surface area contributed by atoms with Crippen molar-refractivity contribution in [3.05, 3.63) is 35.4 Å². The zero-order chi connectivity index (χ0) is 10.4. The summed E-state index contributed by atoms with van der Waals surface area (Å²) in [6.07, 6.45) is 0.0558. The smallest absolute Gasteiger partial charge is 0.375 e. The molecule has 15 heavy (non-hydrogen) atoms. The lowest BCUT2D eigenvalue weighted by Gasteiger charge is -2.27. The van der Waals surface area contributed by atoms with E-state index in [9.17, 15) is 9.59 Å². The molecule has 1 aromatic carbocycles. The number of hydrogen-bond acceptors (Lipinski definition) is 3. The van der Waals surface area contributed by atoms with Gasteiger partial charge in [0.15, 0.2) is 0 Å². The van der Waals surface area contributed by atoms with Gasteiger partial charge in [0.05, 0.1) is 6.54 Å². The highest BCUT2D eigenvalue weighted by molar-refractivity contribution is 5.96. The van der Waals surface area contributed by atoms with Crippen molar-refractivity contribution < 1.29 is 14.3 Å². The quantitative estimate of drug-likeness (QED) is 0.468. The van der Waals surface area contributed by atoms with Gasteiger partial charge in [-0.2, -0.15) is 0 Å². The second-order valence-electron chi connectivity index (χ2n) is 3.80. The number of cyclic esters (lactones) is 2. The van der Waals surface area contributed by atoms with Gasteiger partial charge in [-0.3, -0.25) is 4.90 Å². The third kappa shape index (κ3) is 1.14. The standard InChI is InChI=1S/C11H9NO3/c13-10-9-5-7-3-1-2-4-8(7)6-12(9)11(14)15-10/h1-4,9H,5-6H2/t9-/m1/s1. The molecule has 76 valence electrons. The van der Waals surface area contributed by atoms with Gasteiger partial charge in [-0.15, -0.1) is 0 Å². The SMILES string of the molecule is O=C1OC(=O)N2Cc3ccccc3C[C@H]12. The van der Waals surface area contributed by atoms with E-state index in [1.807, 2.05) is 24.3 Å². The second-order valence-corrected chi connectivity index (χ2v) is 3.80. The summed E-state index contributed by atoms with van der Waals surface area (Å²) in [5.41, 5.74) is 2.23. The van der Waals surface area contributed by atoms with Gasteiger partial charge < -0.3 is 4.74 Å². The van der Waals surface area contributed by atoms with Crippen LogP contribution in [-0.4, -0.2) is 23.0 Å². The number of benzene rings is 1. The number of amides is 1. The summed E-state index contributed by atoms with van der Waals surface area (Å²) in [7, 11) is 0. The molecule has 0 unspecified atom stereocenters. The van der Waals surface area contributed by atoms with E-state index in [-0.39, 0.29) is 0 Å². The fraction of sp³-hybridized carbons (Fsp3) is 0.273. The monoisotopic (exact) mass is 203 g/mol. The molecule has 2 aliphatic heterocycles. The van der Waals surface area contributed by atoms with Crippen molar-refractivity contribution in [3.63, 3.8) is 0 Å². The molecule has 2 aliphatic rings. The van der Waals surface area contributed by atoms with Crippen molar-refractivity contribution in [2.75, 3.05) is 0 Å². The van der Waals surface area contributed by atoms with Crippen LogP contribution >= 0.6 is 0 Å². The number of hydrogen-bond donors (Lipinski definition) is 0. The molecule has 0 aliphatic carbocycles. The summed E-state index contributed by atoms with van der Waals surface area (Å²) >= 11 is 0. The molecule has 1 atom stereocenters. The molecule has 0 bridgehead atoms. The number of carbonyl (C=O) groups excluding carboxylic acids is 2. The molecule has 0 aromatic heterocycles. The first kappa shape index (κ1) is 8.47. The minimum absolute atomic E-state index is 0.410. The largest absolute Gasteiger partial charge is 0.418 e. The lowest BCUT2D eigenvalue weighted by Crippen LogP contribution is -2.39. The van der Waals surface area contributed by atoms with Crippen LogP contribution < -0.4 is 0 Å². The molecular weight excluding hydrogens is 194 g/mol. The maximum atomic E-state index is 11.3. The van der Waals surface area contributed by atoms with E-state index in [0.717, 1.165) is 11.1 Å². The van der Waals surface area contributed by atoms with Crippen molar-refractivity contribution in [1.29, 1.82) is 0 Å². The van der Waals surface area contributed by atoms with Crippen LogP contribution in [0.5, 0.6) is 0 Å². The molecule has 1 saturated heterocycles. The van der Waals surface area contributed by atoms with Crippen LogP contribution in [0, 0.1) is 0 Å². The number of ether oxygens (including phenoxy) is 1. The third-order valence-electron chi connectivity index (χ3n) is 2.94. The first-order valence-corrected chi connectivity index (χ1v) is 4.85. The van der Waals surface area contributed by atoms with Gasteiger partial charge in [-0.05, 0) is 11.1 Å². The van der Waals surface area contributed by atoms with Crippen molar-refractivity contribution in [1.82, 2.24) is 4.90 Å². The van der Waals surface area contributed by atoms with Gasteiger partial charge in [0.2, 0.25) is 0 Å². The lowest BCUT2D eigenvalue weighted by molar-refractivity contribution is -0.135. The summed E-state index contributed by atoms with van der Waals surface area (Å²) in [4.78, 5) is 24.1. The molecule has 1 amide bonds. The highest BCUT2D eigenvalue weighted by Crippen LogP contribution is 2.27. The predicted molar refractivity (Wildman–Crippen MR) is 51.0 cm³/mol. The molecule has 4 heteroatoms. The molecule has 0 radical (unpaired) electrons. The van der Waals surface area contributed by atoms with Gasteiger partial charge >= 0.3 is 12.1 Å². The predicted octanol–water partition coefficient (Wildman–Crippen LogP) is 1.09. The molecular formula is C11H9NO3. The summed E-state index contributed by atoms with van der Waals surface area (Å²) < 4.78 is 4.59. The van der Waals surface area contributed by atoms with Gasteiger partial charge in [-0.1, -0.05) is 24.3 Å².